The molecular formula is C14H12F3N5. The standard InChI is InChI=1S/C14H12F3N5/c1-8-5-9(2)7-10(6-8)18-11-3-4-12-19-20-13(14(15,16)17)22(12)21-11/h3-7H,1-2H3,(H,18,21). The number of alkyl halides is 3. The minimum Gasteiger partial charge on any atom is -0.339 e. The number of hydrogen-bond donors (Lipinski definition) is 1. The molecule has 0 bridgehead atoms. The van der Waals surface area contributed by atoms with Crippen LogP contribution in [-0.2, 0) is 6.18 Å². The Balaban J connectivity index is 2.01. The normalized spacial score (nSPS) is 11.9. The van der Waals surface area contributed by atoms with E-state index in [1.165, 1.54) is 6.07 Å². The first-order chi connectivity index (χ1) is 10.3. The van der Waals surface area contributed by atoms with E-state index in [1.807, 2.05) is 32.0 Å². The molecule has 5 nitrogen and oxygen atoms in total. The van der Waals surface area contributed by atoms with Crippen LogP contribution in [-0.4, -0.2) is 19.8 Å². The lowest BCUT2D eigenvalue weighted by molar-refractivity contribution is -0.146. The van der Waals surface area contributed by atoms with E-state index in [4.69, 9.17) is 0 Å². The van der Waals surface area contributed by atoms with Crippen molar-refractivity contribution < 1.29 is 13.2 Å². The summed E-state index contributed by atoms with van der Waals surface area (Å²) in [6, 6.07) is 8.76. The first-order valence-corrected chi connectivity index (χ1v) is 6.48. The summed E-state index contributed by atoms with van der Waals surface area (Å²) in [4.78, 5) is 0. The molecule has 22 heavy (non-hydrogen) atoms. The maximum absolute atomic E-state index is 12.8. The van der Waals surface area contributed by atoms with Gasteiger partial charge in [-0.2, -0.15) is 17.7 Å². The first-order valence-electron chi connectivity index (χ1n) is 6.48. The highest BCUT2D eigenvalue weighted by atomic mass is 19.4. The maximum Gasteiger partial charge on any atom is 0.453 e. The summed E-state index contributed by atoms with van der Waals surface area (Å²) in [7, 11) is 0. The molecule has 3 aromatic rings. The van der Waals surface area contributed by atoms with Gasteiger partial charge in [0.1, 0.15) is 0 Å². The van der Waals surface area contributed by atoms with Crippen LogP contribution >= 0.6 is 0 Å². The summed E-state index contributed by atoms with van der Waals surface area (Å²) < 4.78 is 39.2. The summed E-state index contributed by atoms with van der Waals surface area (Å²) in [5.41, 5.74) is 2.89. The molecule has 3 rings (SSSR count). The quantitative estimate of drug-likeness (QED) is 0.787. The van der Waals surface area contributed by atoms with E-state index in [0.29, 0.717) is 4.52 Å². The predicted molar refractivity (Wildman–Crippen MR) is 75.0 cm³/mol. The van der Waals surface area contributed by atoms with Crippen molar-refractivity contribution in [2.75, 3.05) is 5.32 Å². The zero-order valence-electron chi connectivity index (χ0n) is 11.8. The lowest BCUT2D eigenvalue weighted by Crippen LogP contribution is -2.13. The minimum absolute atomic E-state index is 0.0401. The third kappa shape index (κ3) is 2.72. The average molecular weight is 307 g/mol. The molecule has 8 heteroatoms. The van der Waals surface area contributed by atoms with Crippen molar-refractivity contribution in [3.8, 4) is 0 Å². The summed E-state index contributed by atoms with van der Waals surface area (Å²) in [5, 5.41) is 13.5. The molecule has 2 heterocycles. The van der Waals surface area contributed by atoms with Crippen molar-refractivity contribution in [2.45, 2.75) is 20.0 Å². The molecule has 0 aliphatic heterocycles. The average Bonchev–Trinajstić information content (AvgIpc) is 2.80. The number of rotatable bonds is 2. The van der Waals surface area contributed by atoms with Gasteiger partial charge in [-0.3, -0.25) is 0 Å². The largest absolute Gasteiger partial charge is 0.453 e. The summed E-state index contributed by atoms with van der Waals surface area (Å²) in [6.07, 6.45) is -4.61. The van der Waals surface area contributed by atoms with E-state index in [2.05, 4.69) is 20.6 Å². The van der Waals surface area contributed by atoms with Gasteiger partial charge in [0.25, 0.3) is 5.82 Å². The number of fused-ring (bicyclic) bond motifs is 1. The fourth-order valence-corrected chi connectivity index (χ4v) is 2.23. The highest BCUT2D eigenvalue weighted by Gasteiger charge is 2.37. The van der Waals surface area contributed by atoms with Crippen molar-refractivity contribution >= 4 is 17.2 Å². The van der Waals surface area contributed by atoms with Crippen molar-refractivity contribution in [3.63, 3.8) is 0 Å². The van der Waals surface area contributed by atoms with Gasteiger partial charge < -0.3 is 5.32 Å². The van der Waals surface area contributed by atoms with Gasteiger partial charge in [-0.05, 0) is 49.2 Å². The second kappa shape index (κ2) is 4.97. The Labute approximate surface area is 123 Å². The second-order valence-corrected chi connectivity index (χ2v) is 5.01. The minimum atomic E-state index is -4.61. The Bertz CT molecular complexity index is 818. The van der Waals surface area contributed by atoms with Crippen LogP contribution in [0.1, 0.15) is 17.0 Å². The molecule has 114 valence electrons. The van der Waals surface area contributed by atoms with E-state index < -0.39 is 12.0 Å². The van der Waals surface area contributed by atoms with Gasteiger partial charge in [0, 0.05) is 5.69 Å². The molecule has 0 unspecified atom stereocenters. The fourth-order valence-electron chi connectivity index (χ4n) is 2.23. The number of nitrogens with zero attached hydrogens (tertiary/aromatic N) is 4. The van der Waals surface area contributed by atoms with Crippen LogP contribution in [0, 0.1) is 13.8 Å². The first kappa shape index (κ1) is 14.3. The van der Waals surface area contributed by atoms with E-state index in [9.17, 15) is 13.2 Å². The van der Waals surface area contributed by atoms with E-state index in [0.717, 1.165) is 16.8 Å². The molecule has 0 aliphatic carbocycles. The van der Waals surface area contributed by atoms with Crippen LogP contribution in [0.4, 0.5) is 24.7 Å². The van der Waals surface area contributed by atoms with Gasteiger partial charge in [0.15, 0.2) is 11.5 Å². The molecule has 0 fully saturated rings. The number of aromatic nitrogens is 4. The van der Waals surface area contributed by atoms with Crippen molar-refractivity contribution in [1.82, 2.24) is 19.8 Å². The van der Waals surface area contributed by atoms with Crippen molar-refractivity contribution in [1.29, 1.82) is 0 Å². The summed E-state index contributed by atoms with van der Waals surface area (Å²) in [5.74, 6) is -0.866. The SMILES string of the molecule is Cc1cc(C)cc(Nc2ccc3nnc(C(F)(F)F)n3n2)c1. The van der Waals surface area contributed by atoms with Gasteiger partial charge >= 0.3 is 6.18 Å². The molecule has 0 aliphatic rings. The van der Waals surface area contributed by atoms with Crippen LogP contribution in [0.15, 0.2) is 30.3 Å². The smallest absolute Gasteiger partial charge is 0.339 e. The van der Waals surface area contributed by atoms with Gasteiger partial charge in [0.2, 0.25) is 0 Å². The third-order valence-corrected chi connectivity index (χ3v) is 3.01. The Morgan fingerprint density at radius 2 is 1.68 bits per heavy atom. The number of nitrogens with one attached hydrogen (secondary N) is 1. The lowest BCUT2D eigenvalue weighted by Gasteiger charge is -2.09. The number of hydrogen-bond acceptors (Lipinski definition) is 4. The molecule has 0 saturated heterocycles. The highest BCUT2D eigenvalue weighted by molar-refractivity contribution is 5.59. The van der Waals surface area contributed by atoms with E-state index in [-0.39, 0.29) is 11.5 Å². The van der Waals surface area contributed by atoms with Crippen molar-refractivity contribution in [3.05, 3.63) is 47.3 Å². The molecule has 2 aromatic heterocycles. The Kier molecular flexibility index (Phi) is 3.23. The molecule has 0 amide bonds. The van der Waals surface area contributed by atoms with Crippen molar-refractivity contribution in [2.24, 2.45) is 0 Å². The van der Waals surface area contributed by atoms with E-state index >= 15 is 0 Å². The van der Waals surface area contributed by atoms with Crippen LogP contribution in [0.25, 0.3) is 5.65 Å². The number of halogens is 3. The van der Waals surface area contributed by atoms with Crippen LogP contribution in [0.2, 0.25) is 0 Å². The topological polar surface area (TPSA) is 55.1 Å². The Hall–Kier alpha value is -2.64. The molecular weight excluding hydrogens is 295 g/mol. The number of benzene rings is 1. The van der Waals surface area contributed by atoms with E-state index in [1.54, 1.807) is 6.07 Å². The van der Waals surface area contributed by atoms with Gasteiger partial charge in [-0.15, -0.1) is 15.3 Å². The van der Waals surface area contributed by atoms with Crippen LogP contribution in [0.3, 0.4) is 0 Å². The van der Waals surface area contributed by atoms with Crippen LogP contribution in [0.5, 0.6) is 0 Å². The second-order valence-electron chi connectivity index (χ2n) is 5.01. The van der Waals surface area contributed by atoms with Gasteiger partial charge in [0.05, 0.1) is 0 Å². The maximum atomic E-state index is 12.8. The summed E-state index contributed by atoms with van der Waals surface area (Å²) >= 11 is 0. The highest BCUT2D eigenvalue weighted by Crippen LogP contribution is 2.28. The lowest BCUT2D eigenvalue weighted by atomic mass is 10.1. The third-order valence-electron chi connectivity index (χ3n) is 3.01. The molecule has 1 N–H and O–H groups in total. The molecule has 0 atom stereocenters. The zero-order chi connectivity index (χ0) is 15.9. The number of anilines is 2. The number of aryl methyl sites for hydroxylation is 2. The van der Waals surface area contributed by atoms with Gasteiger partial charge in [-0.25, -0.2) is 0 Å². The Morgan fingerprint density at radius 3 is 2.32 bits per heavy atom. The molecule has 1 aromatic carbocycles. The monoisotopic (exact) mass is 307 g/mol. The predicted octanol–water partition coefficient (Wildman–Crippen LogP) is 3.50. The van der Waals surface area contributed by atoms with Crippen LogP contribution < -0.4 is 5.32 Å². The van der Waals surface area contributed by atoms with Gasteiger partial charge in [-0.1, -0.05) is 6.07 Å². The summed E-state index contributed by atoms with van der Waals surface area (Å²) in [6.45, 7) is 3.88. The molecule has 0 spiro atoms. The Morgan fingerprint density at radius 1 is 1.00 bits per heavy atom. The fraction of sp³-hybridized carbons (Fsp3) is 0.214. The molecule has 0 saturated carbocycles. The molecule has 0 radical (unpaired) electrons. The zero-order valence-corrected chi connectivity index (χ0v) is 11.8.